The van der Waals surface area contributed by atoms with Crippen LogP contribution in [0.25, 0.3) is 11.3 Å². The number of phenols is 1. The second-order valence-electron chi connectivity index (χ2n) is 6.37. The molecule has 5 nitrogen and oxygen atoms in total. The van der Waals surface area contributed by atoms with Gasteiger partial charge in [0.25, 0.3) is 0 Å². The minimum Gasteiger partial charge on any atom is -0.508 e. The molecule has 8 heteroatoms. The van der Waals surface area contributed by atoms with Crippen molar-refractivity contribution >= 4 is 45.7 Å². The lowest BCUT2D eigenvalue weighted by atomic mass is 10.2. The van der Waals surface area contributed by atoms with Gasteiger partial charge < -0.3 is 15.7 Å². The molecule has 0 fully saturated rings. The molecular weight excluding hydrogens is 426 g/mol. The molecule has 0 spiro atoms. The number of nitrogens with zero attached hydrogens (tertiary/aromatic N) is 1. The number of aromatic nitrogens is 1. The number of amides is 1. The third-order valence-electron chi connectivity index (χ3n) is 4.30. The number of carbonyl (C=O) groups is 1. The Hall–Kier alpha value is -2.22. The third kappa shape index (κ3) is 6.13. The highest BCUT2D eigenvalue weighted by molar-refractivity contribution is 7.98. The number of thioether (sulfide) groups is 1. The predicted molar refractivity (Wildman–Crippen MR) is 123 cm³/mol. The van der Waals surface area contributed by atoms with E-state index in [0.29, 0.717) is 23.1 Å². The van der Waals surface area contributed by atoms with E-state index in [-0.39, 0.29) is 17.7 Å². The fraction of sp³-hybridized carbons (Fsp3) is 0.238. The summed E-state index contributed by atoms with van der Waals surface area (Å²) >= 11 is 9.33. The molecule has 3 N–H and O–H groups in total. The van der Waals surface area contributed by atoms with Gasteiger partial charge in [0.2, 0.25) is 5.91 Å². The number of nitrogens with one attached hydrogen (secondary N) is 2. The Labute approximate surface area is 183 Å². The Kier molecular flexibility index (Phi) is 7.80. The van der Waals surface area contributed by atoms with Crippen LogP contribution in [0.15, 0.2) is 53.9 Å². The van der Waals surface area contributed by atoms with Crippen LogP contribution >= 0.6 is 34.7 Å². The largest absolute Gasteiger partial charge is 0.508 e. The Morgan fingerprint density at radius 3 is 2.72 bits per heavy atom. The minimum absolute atomic E-state index is 0.0830. The smallest absolute Gasteiger partial charge is 0.242 e. The summed E-state index contributed by atoms with van der Waals surface area (Å²) < 4.78 is 0. The highest BCUT2D eigenvalue weighted by Gasteiger charge is 2.19. The zero-order chi connectivity index (χ0) is 20.6. The molecule has 0 aliphatic heterocycles. The number of carbonyl (C=O) groups excluding carboxylic acids is 1. The maximum absolute atomic E-state index is 12.8. The van der Waals surface area contributed by atoms with E-state index in [9.17, 15) is 9.90 Å². The van der Waals surface area contributed by atoms with Gasteiger partial charge >= 0.3 is 0 Å². The number of halogens is 1. The van der Waals surface area contributed by atoms with Crippen LogP contribution in [0.2, 0.25) is 5.02 Å². The van der Waals surface area contributed by atoms with Crippen LogP contribution in [0.3, 0.4) is 0 Å². The Balaban J connectivity index is 1.66. The summed E-state index contributed by atoms with van der Waals surface area (Å²) in [5.41, 5.74) is 2.60. The molecular formula is C21H22ClN3O2S2. The quantitative estimate of drug-likeness (QED) is 0.429. The molecule has 0 aliphatic rings. The normalized spacial score (nSPS) is 11.8. The molecule has 3 aromatic rings. The first kappa shape index (κ1) is 21.5. The molecule has 1 amide bonds. The van der Waals surface area contributed by atoms with E-state index in [0.717, 1.165) is 22.6 Å². The first-order chi connectivity index (χ1) is 14.1. The maximum atomic E-state index is 12.8. The number of benzene rings is 2. The summed E-state index contributed by atoms with van der Waals surface area (Å²) in [5.74, 6) is 0.989. The highest BCUT2D eigenvalue weighted by Crippen LogP contribution is 2.27. The van der Waals surface area contributed by atoms with E-state index in [1.54, 1.807) is 23.9 Å². The molecule has 0 unspecified atom stereocenters. The van der Waals surface area contributed by atoms with Gasteiger partial charge in [-0.05, 0) is 54.3 Å². The van der Waals surface area contributed by atoms with E-state index in [1.807, 2.05) is 48.0 Å². The summed E-state index contributed by atoms with van der Waals surface area (Å²) in [7, 11) is 0. The fourth-order valence-corrected chi connectivity index (χ4v) is 4.15. The van der Waals surface area contributed by atoms with Crippen molar-refractivity contribution in [3.8, 4) is 17.0 Å². The van der Waals surface area contributed by atoms with Crippen LogP contribution in [-0.2, 0) is 11.3 Å². The van der Waals surface area contributed by atoms with Gasteiger partial charge in [-0.1, -0.05) is 29.8 Å². The predicted octanol–water partition coefficient (Wildman–Crippen LogP) is 5.02. The first-order valence-electron chi connectivity index (χ1n) is 9.08. The van der Waals surface area contributed by atoms with Gasteiger partial charge in [-0.3, -0.25) is 4.79 Å². The lowest BCUT2D eigenvalue weighted by Crippen LogP contribution is -2.39. The zero-order valence-electron chi connectivity index (χ0n) is 15.9. The van der Waals surface area contributed by atoms with Gasteiger partial charge in [0.15, 0.2) is 5.13 Å². The van der Waals surface area contributed by atoms with Crippen molar-refractivity contribution in [3.05, 3.63) is 64.5 Å². The van der Waals surface area contributed by atoms with Crippen molar-refractivity contribution in [3.63, 3.8) is 0 Å². The van der Waals surface area contributed by atoms with Crippen LogP contribution in [0.5, 0.6) is 5.75 Å². The van der Waals surface area contributed by atoms with Crippen molar-refractivity contribution in [2.24, 2.45) is 0 Å². The highest BCUT2D eigenvalue weighted by atomic mass is 35.5. The Morgan fingerprint density at radius 2 is 2.00 bits per heavy atom. The summed E-state index contributed by atoms with van der Waals surface area (Å²) in [5, 5.41) is 18.9. The van der Waals surface area contributed by atoms with Gasteiger partial charge in [0.05, 0.1) is 5.69 Å². The molecule has 1 atom stereocenters. The summed E-state index contributed by atoms with van der Waals surface area (Å²) in [6.45, 7) is 0.382. The minimum atomic E-state index is -0.385. The second-order valence-corrected chi connectivity index (χ2v) is 8.62. The number of anilines is 1. The molecule has 1 heterocycles. The Morgan fingerprint density at radius 1 is 1.24 bits per heavy atom. The molecule has 0 bridgehead atoms. The number of hydrogen-bond acceptors (Lipinski definition) is 6. The molecule has 0 saturated heterocycles. The first-order valence-corrected chi connectivity index (χ1v) is 11.7. The molecule has 2 aromatic carbocycles. The maximum Gasteiger partial charge on any atom is 0.242 e. The molecule has 152 valence electrons. The van der Waals surface area contributed by atoms with E-state index in [4.69, 9.17) is 11.6 Å². The fourth-order valence-electron chi connectivity index (χ4n) is 2.71. The monoisotopic (exact) mass is 447 g/mol. The SMILES string of the molecule is CSCC[C@@H](Nc1nc(-c2ccc(O)cc2)cs1)C(=O)NCc1ccccc1Cl. The van der Waals surface area contributed by atoms with Gasteiger partial charge in [-0.2, -0.15) is 11.8 Å². The number of rotatable bonds is 9. The average molecular weight is 448 g/mol. The van der Waals surface area contributed by atoms with Crippen LogP contribution in [-0.4, -0.2) is 34.0 Å². The van der Waals surface area contributed by atoms with Crippen molar-refractivity contribution < 1.29 is 9.90 Å². The summed E-state index contributed by atoms with van der Waals surface area (Å²) in [4.78, 5) is 17.4. The summed E-state index contributed by atoms with van der Waals surface area (Å²) in [6, 6.07) is 14.0. The van der Waals surface area contributed by atoms with Crippen LogP contribution in [0.4, 0.5) is 5.13 Å². The second kappa shape index (κ2) is 10.5. The van der Waals surface area contributed by atoms with E-state index in [1.165, 1.54) is 11.3 Å². The van der Waals surface area contributed by atoms with Crippen LogP contribution in [0, 0.1) is 0 Å². The zero-order valence-corrected chi connectivity index (χ0v) is 18.3. The molecule has 0 radical (unpaired) electrons. The number of hydrogen-bond donors (Lipinski definition) is 3. The number of thiazole rings is 1. The molecule has 0 saturated carbocycles. The molecule has 1 aromatic heterocycles. The van der Waals surface area contributed by atoms with Crippen molar-refractivity contribution in [2.75, 3.05) is 17.3 Å². The van der Waals surface area contributed by atoms with Gasteiger partial charge in [-0.15, -0.1) is 11.3 Å². The van der Waals surface area contributed by atoms with Gasteiger partial charge in [0.1, 0.15) is 11.8 Å². The van der Waals surface area contributed by atoms with Crippen LogP contribution < -0.4 is 10.6 Å². The lowest BCUT2D eigenvalue weighted by Gasteiger charge is -2.18. The standard InChI is InChI=1S/C21H22ClN3O2S2/c1-28-11-10-18(20(27)23-12-15-4-2-3-5-17(15)22)24-21-25-19(13-29-21)14-6-8-16(26)9-7-14/h2-9,13,18,26H,10-12H2,1H3,(H,23,27)(H,24,25)/t18-/m1/s1. The Bertz CT molecular complexity index is 947. The molecule has 3 rings (SSSR count). The number of aromatic hydroxyl groups is 1. The van der Waals surface area contributed by atoms with Crippen molar-refractivity contribution in [1.29, 1.82) is 0 Å². The topological polar surface area (TPSA) is 74.2 Å². The van der Waals surface area contributed by atoms with E-state index in [2.05, 4.69) is 15.6 Å². The van der Waals surface area contributed by atoms with Gasteiger partial charge in [-0.25, -0.2) is 4.98 Å². The van der Waals surface area contributed by atoms with Gasteiger partial charge in [0, 0.05) is 22.5 Å². The molecule has 0 aliphatic carbocycles. The van der Waals surface area contributed by atoms with E-state index >= 15 is 0 Å². The van der Waals surface area contributed by atoms with Crippen molar-refractivity contribution in [2.45, 2.75) is 19.0 Å². The van der Waals surface area contributed by atoms with E-state index < -0.39 is 0 Å². The third-order valence-corrected chi connectivity index (χ3v) is 6.09. The van der Waals surface area contributed by atoms with Crippen molar-refractivity contribution in [1.82, 2.24) is 10.3 Å². The number of phenolic OH excluding ortho intramolecular Hbond substituents is 1. The molecule has 29 heavy (non-hydrogen) atoms. The lowest BCUT2D eigenvalue weighted by molar-refractivity contribution is -0.122. The summed E-state index contributed by atoms with van der Waals surface area (Å²) in [6.07, 6.45) is 2.70. The average Bonchev–Trinajstić information content (AvgIpc) is 3.19. The van der Waals surface area contributed by atoms with Crippen LogP contribution in [0.1, 0.15) is 12.0 Å².